The molecule has 162 valence electrons. The second-order valence-corrected chi connectivity index (χ2v) is 9.37. The number of esters is 1. The van der Waals surface area contributed by atoms with E-state index in [2.05, 4.69) is 14.1 Å². The van der Waals surface area contributed by atoms with Crippen molar-refractivity contribution >= 4 is 23.0 Å². The van der Waals surface area contributed by atoms with Gasteiger partial charge in [-0.3, -0.25) is 4.98 Å². The zero-order valence-electron chi connectivity index (χ0n) is 17.6. The summed E-state index contributed by atoms with van der Waals surface area (Å²) in [4.78, 5) is 15.7. The summed E-state index contributed by atoms with van der Waals surface area (Å²) < 4.78 is 26.0. The van der Waals surface area contributed by atoms with Crippen LogP contribution in [0.2, 0.25) is 0 Å². The van der Waals surface area contributed by atoms with Crippen molar-refractivity contribution in [1.29, 1.82) is 0 Å². The zero-order valence-corrected chi connectivity index (χ0v) is 18.4. The van der Waals surface area contributed by atoms with Gasteiger partial charge in [0.05, 0.1) is 25.5 Å². The highest BCUT2D eigenvalue weighted by Crippen LogP contribution is 2.29. The van der Waals surface area contributed by atoms with Gasteiger partial charge in [0, 0.05) is 24.2 Å². The van der Waals surface area contributed by atoms with Crippen molar-refractivity contribution in [3.63, 3.8) is 0 Å². The number of aliphatic hydroxyl groups excluding tert-OH is 1. The van der Waals surface area contributed by atoms with Crippen LogP contribution in [0.5, 0.6) is 11.5 Å². The highest BCUT2D eigenvalue weighted by atomic mass is 32.2. The number of carbonyl (C=O) groups excluding carboxylic acids is 1. The summed E-state index contributed by atoms with van der Waals surface area (Å²) in [5.41, 5.74) is 1.14. The third-order valence-corrected chi connectivity index (χ3v) is 5.60. The molecule has 2 aromatic rings. The predicted octanol–water partition coefficient (Wildman–Crippen LogP) is 2.96. The summed E-state index contributed by atoms with van der Waals surface area (Å²) in [5.74, 6) is -0.192. The minimum atomic E-state index is -1.61. The van der Waals surface area contributed by atoms with Crippen LogP contribution in [0.3, 0.4) is 0 Å². The molecule has 1 unspecified atom stereocenters. The van der Waals surface area contributed by atoms with Gasteiger partial charge in [-0.1, -0.05) is 4.40 Å². The number of pyridine rings is 1. The molecule has 8 nitrogen and oxygen atoms in total. The van der Waals surface area contributed by atoms with Crippen LogP contribution in [0.4, 0.5) is 0 Å². The van der Waals surface area contributed by atoms with Crippen LogP contribution in [-0.4, -0.2) is 50.4 Å². The molecule has 30 heavy (non-hydrogen) atoms. The number of rotatable bonds is 7. The maximum Gasteiger partial charge on any atom is 0.339 e. The van der Waals surface area contributed by atoms with Gasteiger partial charge in [-0.05, 0) is 45.0 Å². The number of carbonyl (C=O) groups is 1. The standard InChI is InChI=1S/C21H26N2O6S/c1-21(2,3)30(27)23-17(15-8-7-14(28-4)10-18(15)24)11-19(25)16-9-6-13(12-22-16)20(26)29-5/h6-10,12,19,24-25H,11H2,1-5H3/t19-,30?/m0/s1. The molecule has 1 aromatic heterocycles. The molecule has 0 aliphatic rings. The van der Waals surface area contributed by atoms with E-state index in [9.17, 15) is 19.6 Å². The number of hydrogen-bond donors (Lipinski definition) is 2. The summed E-state index contributed by atoms with van der Waals surface area (Å²) in [6.45, 7) is 5.34. The van der Waals surface area contributed by atoms with E-state index < -0.39 is 28.2 Å². The smallest absolute Gasteiger partial charge is 0.339 e. The molecule has 0 spiro atoms. The Kier molecular flexibility index (Phi) is 7.83. The number of phenolic OH excluding ortho intramolecular Hbond substituents is 1. The van der Waals surface area contributed by atoms with Crippen LogP contribution < -0.4 is 4.74 Å². The second kappa shape index (κ2) is 9.92. The van der Waals surface area contributed by atoms with Gasteiger partial charge in [-0.15, -0.1) is 0 Å². The van der Waals surface area contributed by atoms with Crippen LogP contribution >= 0.6 is 0 Å². The Morgan fingerprint density at radius 3 is 2.47 bits per heavy atom. The minimum Gasteiger partial charge on any atom is -0.591 e. The molecule has 0 radical (unpaired) electrons. The van der Waals surface area contributed by atoms with Crippen molar-refractivity contribution in [2.45, 2.75) is 38.0 Å². The maximum atomic E-state index is 12.6. The van der Waals surface area contributed by atoms with Crippen LogP contribution in [0.15, 0.2) is 40.9 Å². The molecule has 0 saturated heterocycles. The van der Waals surface area contributed by atoms with E-state index in [1.807, 2.05) is 0 Å². The lowest BCUT2D eigenvalue weighted by Gasteiger charge is -2.20. The fourth-order valence-corrected chi connectivity index (χ4v) is 3.09. The van der Waals surface area contributed by atoms with Gasteiger partial charge in [-0.25, -0.2) is 4.79 Å². The van der Waals surface area contributed by atoms with Crippen molar-refractivity contribution in [2.75, 3.05) is 14.2 Å². The molecular weight excluding hydrogens is 408 g/mol. The fraction of sp³-hybridized carbons (Fsp3) is 0.381. The van der Waals surface area contributed by atoms with Crippen molar-refractivity contribution in [1.82, 2.24) is 4.98 Å². The van der Waals surface area contributed by atoms with Gasteiger partial charge in [0.25, 0.3) is 0 Å². The maximum absolute atomic E-state index is 12.6. The molecular formula is C21H26N2O6S. The molecule has 0 amide bonds. The van der Waals surface area contributed by atoms with Crippen LogP contribution in [0.1, 0.15) is 54.9 Å². The monoisotopic (exact) mass is 434 g/mol. The first kappa shape index (κ1) is 23.7. The molecule has 1 heterocycles. The van der Waals surface area contributed by atoms with E-state index in [4.69, 9.17) is 4.74 Å². The van der Waals surface area contributed by atoms with Crippen LogP contribution in [0.25, 0.3) is 0 Å². The summed E-state index contributed by atoms with van der Waals surface area (Å²) in [5, 5.41) is 21.1. The normalized spacial score (nSPS) is 14.2. The highest BCUT2D eigenvalue weighted by Gasteiger charge is 2.29. The number of aromatic nitrogens is 1. The van der Waals surface area contributed by atoms with Crippen molar-refractivity contribution < 1.29 is 29.0 Å². The summed E-state index contributed by atoms with van der Waals surface area (Å²) in [6.07, 6.45) is 0.153. The number of nitrogens with zero attached hydrogens (tertiary/aromatic N) is 2. The van der Waals surface area contributed by atoms with E-state index in [0.717, 1.165) is 0 Å². The number of ether oxygens (including phenoxy) is 2. The Bertz CT molecular complexity index is 909. The number of benzene rings is 1. The van der Waals surface area contributed by atoms with Crippen LogP contribution in [0, 0.1) is 0 Å². The van der Waals surface area contributed by atoms with Crippen molar-refractivity contribution in [2.24, 2.45) is 4.40 Å². The number of phenols is 1. The van der Waals surface area contributed by atoms with E-state index >= 15 is 0 Å². The average Bonchev–Trinajstić information content (AvgIpc) is 2.71. The van der Waals surface area contributed by atoms with Crippen molar-refractivity contribution in [3.8, 4) is 11.5 Å². The molecule has 0 saturated carbocycles. The molecule has 0 aliphatic carbocycles. The second-order valence-electron chi connectivity index (χ2n) is 7.47. The van der Waals surface area contributed by atoms with Gasteiger partial charge >= 0.3 is 5.97 Å². The molecule has 2 rings (SSSR count). The summed E-state index contributed by atoms with van der Waals surface area (Å²) >= 11 is -1.61. The molecule has 2 N–H and O–H groups in total. The van der Waals surface area contributed by atoms with E-state index in [-0.39, 0.29) is 23.4 Å². The first-order valence-corrected chi connectivity index (χ1v) is 10.3. The number of methoxy groups -OCH3 is 2. The van der Waals surface area contributed by atoms with Gasteiger partial charge in [0.2, 0.25) is 0 Å². The molecule has 0 aliphatic heterocycles. The van der Waals surface area contributed by atoms with Gasteiger partial charge < -0.3 is 24.2 Å². The van der Waals surface area contributed by atoms with Gasteiger partial charge in [-0.2, -0.15) is 0 Å². The van der Waals surface area contributed by atoms with Crippen LogP contribution in [-0.2, 0) is 16.1 Å². The Morgan fingerprint density at radius 1 is 1.27 bits per heavy atom. The molecule has 0 fully saturated rings. The topological polar surface area (TPSA) is 124 Å². The van der Waals surface area contributed by atoms with Crippen molar-refractivity contribution in [3.05, 3.63) is 53.3 Å². The Labute approximate surface area is 178 Å². The predicted molar refractivity (Wildman–Crippen MR) is 114 cm³/mol. The quantitative estimate of drug-likeness (QED) is 0.390. The van der Waals surface area contributed by atoms with E-state index in [0.29, 0.717) is 17.0 Å². The fourth-order valence-electron chi connectivity index (χ4n) is 2.44. The first-order chi connectivity index (χ1) is 14.1. The number of aromatic hydroxyl groups is 1. The van der Waals surface area contributed by atoms with Gasteiger partial charge in [0.1, 0.15) is 39.4 Å². The number of hydrogen-bond acceptors (Lipinski definition) is 8. The lowest BCUT2D eigenvalue weighted by Crippen LogP contribution is -2.27. The Morgan fingerprint density at radius 2 is 1.97 bits per heavy atom. The molecule has 2 atom stereocenters. The summed E-state index contributed by atoms with van der Waals surface area (Å²) in [6, 6.07) is 7.64. The average molecular weight is 435 g/mol. The zero-order chi connectivity index (χ0) is 22.5. The molecule has 1 aromatic carbocycles. The summed E-state index contributed by atoms with van der Waals surface area (Å²) in [7, 11) is 2.75. The first-order valence-electron chi connectivity index (χ1n) is 9.16. The highest BCUT2D eigenvalue weighted by molar-refractivity contribution is 7.91. The number of aliphatic hydroxyl groups is 1. The molecule has 0 bridgehead atoms. The largest absolute Gasteiger partial charge is 0.591 e. The Hall–Kier alpha value is -2.62. The van der Waals surface area contributed by atoms with Gasteiger partial charge in [0.15, 0.2) is 0 Å². The lowest BCUT2D eigenvalue weighted by molar-refractivity contribution is 0.0600. The van der Waals surface area contributed by atoms with E-state index in [1.54, 1.807) is 32.9 Å². The van der Waals surface area contributed by atoms with E-state index in [1.165, 1.54) is 38.6 Å². The molecule has 9 heteroatoms. The lowest BCUT2D eigenvalue weighted by atomic mass is 10.0. The minimum absolute atomic E-state index is 0.0493. The SMILES string of the molecule is COC(=O)c1ccc([C@@H](O)CC(=N[S+]([O-])C(C)(C)C)c2ccc(OC)cc2O)nc1. The Balaban J connectivity index is 2.37. The third kappa shape index (κ3) is 5.94. The third-order valence-electron chi connectivity index (χ3n) is 4.17.